The molecular weight excluding hydrogens is 509 g/mol. The molecule has 5 rings (SSSR count). The maximum atomic E-state index is 11.5. The highest BCUT2D eigenvalue weighted by atomic mass is 35.5. The van der Waals surface area contributed by atoms with Gasteiger partial charge in [-0.15, -0.1) is 0 Å². The first-order valence-corrected chi connectivity index (χ1v) is 14.2. The predicted molar refractivity (Wildman–Crippen MR) is 149 cm³/mol. The number of carboxylic acids is 1. The van der Waals surface area contributed by atoms with Crippen LogP contribution in [0.15, 0.2) is 24.4 Å². The second-order valence-electron chi connectivity index (χ2n) is 11.6. The summed E-state index contributed by atoms with van der Waals surface area (Å²) in [6.07, 6.45) is 6.77. The number of benzene rings is 1. The Bertz CT molecular complexity index is 1160. The third-order valence-corrected chi connectivity index (χ3v) is 9.38. The molecule has 1 aromatic heterocycles. The summed E-state index contributed by atoms with van der Waals surface area (Å²) in [6.45, 7) is 9.99. The summed E-state index contributed by atoms with van der Waals surface area (Å²) in [4.78, 5) is 25.7. The molecule has 9 heteroatoms. The average Bonchev–Trinajstić information content (AvgIpc) is 3.33. The van der Waals surface area contributed by atoms with E-state index < -0.39 is 11.4 Å². The van der Waals surface area contributed by atoms with Crippen molar-refractivity contribution in [3.8, 4) is 0 Å². The van der Waals surface area contributed by atoms with Crippen LogP contribution in [0.1, 0.15) is 63.1 Å². The zero-order valence-electron chi connectivity index (χ0n) is 21.9. The van der Waals surface area contributed by atoms with E-state index in [0.717, 1.165) is 61.6 Å². The predicted octanol–water partition coefficient (Wildman–Crippen LogP) is 6.06. The Kier molecular flexibility index (Phi) is 7.58. The molecule has 200 valence electrons. The van der Waals surface area contributed by atoms with Crippen LogP contribution < -0.4 is 10.2 Å². The van der Waals surface area contributed by atoms with Crippen molar-refractivity contribution in [2.24, 2.45) is 17.3 Å². The molecule has 2 aromatic rings. The van der Waals surface area contributed by atoms with Gasteiger partial charge in [0, 0.05) is 30.7 Å². The minimum Gasteiger partial charge on any atom is -0.481 e. The SMILES string of the molecule is Cc1ccc([C@@H](C)Nc2nc(N3CCC(C4CCCN(C5CC(C)(C(=O)O)C5)C4)C3)ncc2Cl)c(Cl)c1. The third kappa shape index (κ3) is 5.55. The Morgan fingerprint density at radius 1 is 1.16 bits per heavy atom. The standard InChI is InChI=1S/C28H37Cl2N5O2/c1-17-6-7-22(23(29)11-17)18(2)32-25-24(30)14-31-27(33-25)35-10-8-20(16-35)19-5-4-9-34(15-19)21-12-28(3,13-21)26(36)37/h6-7,11,14,18-21H,4-5,8-10,12-13,15-16H2,1-3H3,(H,36,37)(H,31,32,33)/t18-,19?,20?,21?,28?/m1/s1. The summed E-state index contributed by atoms with van der Waals surface area (Å²) in [5.74, 6) is 1.89. The van der Waals surface area contributed by atoms with Crippen LogP contribution in [-0.4, -0.2) is 58.2 Å². The van der Waals surface area contributed by atoms with Gasteiger partial charge in [0.25, 0.3) is 0 Å². The average molecular weight is 547 g/mol. The minimum absolute atomic E-state index is 0.0533. The van der Waals surface area contributed by atoms with E-state index in [0.29, 0.717) is 34.7 Å². The number of aromatic nitrogens is 2. The van der Waals surface area contributed by atoms with Gasteiger partial charge in [0.05, 0.1) is 17.7 Å². The molecule has 2 saturated heterocycles. The highest BCUT2D eigenvalue weighted by Gasteiger charge is 2.49. The number of carbonyl (C=O) groups is 1. The Balaban J connectivity index is 1.21. The Hall–Kier alpha value is -2.09. The van der Waals surface area contributed by atoms with Gasteiger partial charge in [-0.1, -0.05) is 35.3 Å². The van der Waals surface area contributed by atoms with E-state index in [9.17, 15) is 9.90 Å². The Morgan fingerprint density at radius 3 is 2.65 bits per heavy atom. The molecule has 3 fully saturated rings. The number of hydrogen-bond donors (Lipinski definition) is 2. The van der Waals surface area contributed by atoms with E-state index in [2.05, 4.69) is 33.1 Å². The van der Waals surface area contributed by atoms with Gasteiger partial charge in [0.2, 0.25) is 5.95 Å². The fourth-order valence-electron chi connectivity index (χ4n) is 6.40. The molecule has 0 radical (unpaired) electrons. The normalized spacial score (nSPS) is 29.1. The Morgan fingerprint density at radius 2 is 1.92 bits per heavy atom. The summed E-state index contributed by atoms with van der Waals surface area (Å²) in [5.41, 5.74) is 1.59. The van der Waals surface area contributed by atoms with Gasteiger partial charge in [-0.3, -0.25) is 4.79 Å². The first kappa shape index (κ1) is 26.5. The summed E-state index contributed by atoms with van der Waals surface area (Å²) >= 11 is 13.0. The molecule has 1 aliphatic carbocycles. The van der Waals surface area contributed by atoms with E-state index in [1.54, 1.807) is 6.20 Å². The van der Waals surface area contributed by atoms with Crippen molar-refractivity contribution < 1.29 is 9.90 Å². The van der Waals surface area contributed by atoms with Gasteiger partial charge in [0.15, 0.2) is 5.82 Å². The van der Waals surface area contributed by atoms with Crippen molar-refractivity contribution in [3.63, 3.8) is 0 Å². The van der Waals surface area contributed by atoms with Crippen LogP contribution in [0.5, 0.6) is 0 Å². The summed E-state index contributed by atoms with van der Waals surface area (Å²) in [6, 6.07) is 6.42. The zero-order valence-corrected chi connectivity index (χ0v) is 23.4. The number of piperidine rings is 1. The lowest BCUT2D eigenvalue weighted by Gasteiger charge is -2.50. The van der Waals surface area contributed by atoms with Crippen LogP contribution in [-0.2, 0) is 4.79 Å². The van der Waals surface area contributed by atoms with Gasteiger partial charge in [0.1, 0.15) is 5.02 Å². The zero-order chi connectivity index (χ0) is 26.3. The van der Waals surface area contributed by atoms with Crippen LogP contribution in [0.3, 0.4) is 0 Å². The van der Waals surface area contributed by atoms with Crippen LogP contribution >= 0.6 is 23.2 Å². The number of anilines is 2. The number of rotatable bonds is 7. The van der Waals surface area contributed by atoms with Crippen molar-refractivity contribution >= 4 is 40.9 Å². The number of aryl methyl sites for hydroxylation is 1. The van der Waals surface area contributed by atoms with Crippen molar-refractivity contribution in [2.75, 3.05) is 36.4 Å². The number of aliphatic carboxylic acids is 1. The molecule has 0 amide bonds. The van der Waals surface area contributed by atoms with E-state index in [1.165, 1.54) is 12.8 Å². The Labute approximate surface area is 229 Å². The van der Waals surface area contributed by atoms with E-state index in [4.69, 9.17) is 28.2 Å². The second-order valence-corrected chi connectivity index (χ2v) is 12.4. The number of hydrogen-bond acceptors (Lipinski definition) is 6. The van der Waals surface area contributed by atoms with Crippen molar-refractivity contribution in [3.05, 3.63) is 45.6 Å². The van der Waals surface area contributed by atoms with Gasteiger partial charge >= 0.3 is 5.97 Å². The van der Waals surface area contributed by atoms with Crippen LogP contribution in [0.4, 0.5) is 11.8 Å². The second kappa shape index (κ2) is 10.6. The topological polar surface area (TPSA) is 81.6 Å². The number of likely N-dealkylation sites (tertiary alicyclic amines) is 1. The molecule has 3 heterocycles. The van der Waals surface area contributed by atoms with Gasteiger partial charge < -0.3 is 20.2 Å². The fourth-order valence-corrected chi connectivity index (χ4v) is 6.95. The number of nitrogens with zero attached hydrogens (tertiary/aromatic N) is 4. The molecule has 37 heavy (non-hydrogen) atoms. The summed E-state index contributed by atoms with van der Waals surface area (Å²) in [5, 5.41) is 14.1. The van der Waals surface area contributed by atoms with E-state index in [1.807, 2.05) is 26.0 Å². The maximum absolute atomic E-state index is 11.5. The molecule has 7 nitrogen and oxygen atoms in total. The van der Waals surface area contributed by atoms with E-state index in [-0.39, 0.29) is 6.04 Å². The minimum atomic E-state index is -0.656. The van der Waals surface area contributed by atoms with Crippen LogP contribution in [0.2, 0.25) is 10.0 Å². The van der Waals surface area contributed by atoms with Crippen molar-refractivity contribution in [2.45, 2.75) is 65.0 Å². The largest absolute Gasteiger partial charge is 0.481 e. The molecule has 3 aliphatic rings. The smallest absolute Gasteiger partial charge is 0.309 e. The first-order valence-electron chi connectivity index (χ1n) is 13.4. The molecule has 0 bridgehead atoms. The maximum Gasteiger partial charge on any atom is 0.309 e. The molecule has 1 aromatic carbocycles. The van der Waals surface area contributed by atoms with Crippen LogP contribution in [0.25, 0.3) is 0 Å². The van der Waals surface area contributed by atoms with Gasteiger partial charge in [-0.2, -0.15) is 4.98 Å². The van der Waals surface area contributed by atoms with Gasteiger partial charge in [-0.05, 0) is 88.4 Å². The third-order valence-electron chi connectivity index (χ3n) is 8.78. The van der Waals surface area contributed by atoms with Gasteiger partial charge in [-0.25, -0.2) is 4.98 Å². The molecule has 0 spiro atoms. The van der Waals surface area contributed by atoms with E-state index >= 15 is 0 Å². The molecule has 2 aliphatic heterocycles. The first-order chi connectivity index (χ1) is 17.6. The lowest BCUT2D eigenvalue weighted by molar-refractivity contribution is -0.158. The van der Waals surface area contributed by atoms with Crippen molar-refractivity contribution in [1.82, 2.24) is 14.9 Å². The quantitative estimate of drug-likeness (QED) is 0.437. The lowest BCUT2D eigenvalue weighted by Crippen LogP contribution is -2.55. The molecule has 2 unspecified atom stereocenters. The number of carboxylic acid groups (broad SMARTS) is 1. The lowest BCUT2D eigenvalue weighted by atomic mass is 9.65. The highest BCUT2D eigenvalue weighted by molar-refractivity contribution is 6.33. The summed E-state index contributed by atoms with van der Waals surface area (Å²) < 4.78 is 0. The number of halogens is 2. The van der Waals surface area contributed by atoms with Crippen LogP contribution in [0, 0.1) is 24.2 Å². The fraction of sp³-hybridized carbons (Fsp3) is 0.607. The molecule has 2 N–H and O–H groups in total. The molecule has 1 saturated carbocycles. The molecule has 3 atom stereocenters. The monoisotopic (exact) mass is 545 g/mol. The molecular formula is C28H37Cl2N5O2. The van der Waals surface area contributed by atoms with Crippen molar-refractivity contribution in [1.29, 1.82) is 0 Å². The highest BCUT2D eigenvalue weighted by Crippen LogP contribution is 2.45. The number of nitrogens with one attached hydrogen (secondary N) is 1. The summed E-state index contributed by atoms with van der Waals surface area (Å²) in [7, 11) is 0.